The summed E-state index contributed by atoms with van der Waals surface area (Å²) in [5, 5.41) is 11.7. The lowest BCUT2D eigenvalue weighted by atomic mass is 10.1. The summed E-state index contributed by atoms with van der Waals surface area (Å²) in [5.41, 5.74) is 7.57. The first-order chi connectivity index (χ1) is 9.83. The summed E-state index contributed by atoms with van der Waals surface area (Å²) in [6, 6.07) is 2.02. The summed E-state index contributed by atoms with van der Waals surface area (Å²) in [6.45, 7) is 12.0. The molecule has 0 bridgehead atoms. The van der Waals surface area contributed by atoms with Crippen molar-refractivity contribution in [2.45, 2.75) is 47.0 Å². The summed E-state index contributed by atoms with van der Waals surface area (Å²) in [7, 11) is 0. The molecule has 0 atom stereocenters. The molecular weight excluding hydrogens is 266 g/mol. The first-order valence-electron chi connectivity index (χ1n) is 7.40. The van der Waals surface area contributed by atoms with E-state index >= 15 is 0 Å². The number of aryl methyl sites for hydroxylation is 1. The van der Waals surface area contributed by atoms with Crippen LogP contribution in [0.1, 0.15) is 51.4 Å². The lowest BCUT2D eigenvalue weighted by molar-refractivity contribution is 0.317. The minimum absolute atomic E-state index is 0.223. The van der Waals surface area contributed by atoms with E-state index in [0.29, 0.717) is 24.8 Å². The standard InChI is InChI=1S/C15H27N5O/c1-10(2)9-20(7-6-14(16)19-21)15-17-12(5)8-13(18-15)11(3)4/h8,10-11,21H,6-7,9H2,1-5H3,(H2,16,19). The second-order valence-corrected chi connectivity index (χ2v) is 6.07. The molecule has 6 nitrogen and oxygen atoms in total. The van der Waals surface area contributed by atoms with E-state index in [1.165, 1.54) is 0 Å². The van der Waals surface area contributed by atoms with Crippen LogP contribution >= 0.6 is 0 Å². The second kappa shape index (κ2) is 7.81. The van der Waals surface area contributed by atoms with E-state index in [1.807, 2.05) is 13.0 Å². The Labute approximate surface area is 127 Å². The molecule has 1 rings (SSSR count). The number of hydrogen-bond acceptors (Lipinski definition) is 5. The Balaban J connectivity index is 3.01. The molecule has 0 radical (unpaired) electrons. The molecule has 118 valence electrons. The van der Waals surface area contributed by atoms with E-state index in [-0.39, 0.29) is 5.84 Å². The van der Waals surface area contributed by atoms with Gasteiger partial charge in [0, 0.05) is 30.9 Å². The summed E-state index contributed by atoms with van der Waals surface area (Å²) >= 11 is 0. The van der Waals surface area contributed by atoms with Crippen LogP contribution in [-0.2, 0) is 0 Å². The van der Waals surface area contributed by atoms with Gasteiger partial charge in [-0.15, -0.1) is 0 Å². The number of anilines is 1. The number of nitrogens with two attached hydrogens (primary N) is 1. The average molecular weight is 293 g/mol. The molecular formula is C15H27N5O. The molecule has 1 aromatic heterocycles. The van der Waals surface area contributed by atoms with Crippen molar-refractivity contribution in [2.75, 3.05) is 18.0 Å². The first-order valence-corrected chi connectivity index (χ1v) is 7.40. The fraction of sp³-hybridized carbons (Fsp3) is 0.667. The lowest BCUT2D eigenvalue weighted by Gasteiger charge is -2.25. The first kappa shape index (κ1) is 17.2. The molecule has 3 N–H and O–H groups in total. The van der Waals surface area contributed by atoms with Gasteiger partial charge in [0.05, 0.1) is 0 Å². The monoisotopic (exact) mass is 293 g/mol. The van der Waals surface area contributed by atoms with E-state index in [2.05, 4.69) is 47.7 Å². The largest absolute Gasteiger partial charge is 0.409 e. The molecule has 0 saturated carbocycles. The highest BCUT2D eigenvalue weighted by atomic mass is 16.4. The van der Waals surface area contributed by atoms with Crippen LogP contribution in [-0.4, -0.2) is 34.1 Å². The zero-order valence-electron chi connectivity index (χ0n) is 13.7. The van der Waals surface area contributed by atoms with E-state index in [9.17, 15) is 0 Å². The normalized spacial score (nSPS) is 12.2. The maximum Gasteiger partial charge on any atom is 0.225 e. The van der Waals surface area contributed by atoms with Gasteiger partial charge in [-0.25, -0.2) is 9.97 Å². The van der Waals surface area contributed by atoms with Gasteiger partial charge in [-0.05, 0) is 24.8 Å². The molecule has 0 amide bonds. The van der Waals surface area contributed by atoms with Crippen LogP contribution in [0.4, 0.5) is 5.95 Å². The minimum Gasteiger partial charge on any atom is -0.409 e. The highest BCUT2D eigenvalue weighted by Crippen LogP contribution is 2.18. The van der Waals surface area contributed by atoms with Gasteiger partial charge in [-0.1, -0.05) is 32.9 Å². The average Bonchev–Trinajstić information content (AvgIpc) is 2.41. The molecule has 0 aliphatic carbocycles. The Morgan fingerprint density at radius 2 is 2.00 bits per heavy atom. The molecule has 0 saturated heterocycles. The Kier molecular flexibility index (Phi) is 6.39. The molecule has 1 aromatic rings. The summed E-state index contributed by atoms with van der Waals surface area (Å²) in [6.07, 6.45) is 0.484. The predicted molar refractivity (Wildman–Crippen MR) is 85.9 cm³/mol. The molecule has 0 fully saturated rings. The number of amidine groups is 1. The van der Waals surface area contributed by atoms with Gasteiger partial charge in [0.2, 0.25) is 5.95 Å². The molecule has 0 aromatic carbocycles. The Hall–Kier alpha value is -1.85. The summed E-state index contributed by atoms with van der Waals surface area (Å²) in [5.74, 6) is 1.78. The van der Waals surface area contributed by atoms with Crippen LogP contribution in [0.15, 0.2) is 11.2 Å². The SMILES string of the molecule is Cc1cc(C(C)C)nc(N(CC/C(N)=N/O)CC(C)C)n1. The number of oxime groups is 1. The van der Waals surface area contributed by atoms with Gasteiger partial charge >= 0.3 is 0 Å². The second-order valence-electron chi connectivity index (χ2n) is 6.07. The van der Waals surface area contributed by atoms with Crippen molar-refractivity contribution < 1.29 is 5.21 Å². The maximum absolute atomic E-state index is 8.67. The van der Waals surface area contributed by atoms with Crippen molar-refractivity contribution in [3.63, 3.8) is 0 Å². The maximum atomic E-state index is 8.67. The number of hydrogen-bond donors (Lipinski definition) is 2. The Bertz CT molecular complexity index is 485. The molecule has 0 spiro atoms. The highest BCUT2D eigenvalue weighted by molar-refractivity contribution is 5.80. The van der Waals surface area contributed by atoms with Crippen molar-refractivity contribution in [3.05, 3.63) is 17.5 Å². The van der Waals surface area contributed by atoms with Crippen molar-refractivity contribution in [3.8, 4) is 0 Å². The molecule has 21 heavy (non-hydrogen) atoms. The minimum atomic E-state index is 0.223. The number of nitrogens with zero attached hydrogens (tertiary/aromatic N) is 4. The van der Waals surface area contributed by atoms with Crippen molar-refractivity contribution in [1.82, 2.24) is 9.97 Å². The molecule has 0 unspecified atom stereocenters. The van der Waals surface area contributed by atoms with Crippen LogP contribution in [0, 0.1) is 12.8 Å². The zero-order valence-corrected chi connectivity index (χ0v) is 13.7. The fourth-order valence-corrected chi connectivity index (χ4v) is 2.03. The quantitative estimate of drug-likeness (QED) is 0.349. The van der Waals surface area contributed by atoms with Gasteiger partial charge in [0.15, 0.2) is 0 Å². The van der Waals surface area contributed by atoms with Gasteiger partial charge < -0.3 is 15.8 Å². The Morgan fingerprint density at radius 1 is 1.33 bits per heavy atom. The molecule has 6 heteroatoms. The van der Waals surface area contributed by atoms with Gasteiger partial charge in [-0.3, -0.25) is 0 Å². The topological polar surface area (TPSA) is 87.6 Å². The molecule has 1 heterocycles. The van der Waals surface area contributed by atoms with E-state index in [1.54, 1.807) is 0 Å². The predicted octanol–water partition coefficient (Wildman–Crippen LogP) is 2.51. The van der Waals surface area contributed by atoms with Crippen LogP contribution in [0.25, 0.3) is 0 Å². The fourth-order valence-electron chi connectivity index (χ4n) is 2.03. The summed E-state index contributed by atoms with van der Waals surface area (Å²) in [4.78, 5) is 11.3. The summed E-state index contributed by atoms with van der Waals surface area (Å²) < 4.78 is 0. The van der Waals surface area contributed by atoms with E-state index in [4.69, 9.17) is 10.9 Å². The zero-order chi connectivity index (χ0) is 16.0. The Morgan fingerprint density at radius 3 is 2.52 bits per heavy atom. The van der Waals surface area contributed by atoms with Crippen LogP contribution in [0.2, 0.25) is 0 Å². The van der Waals surface area contributed by atoms with Crippen molar-refractivity contribution >= 4 is 11.8 Å². The third-order valence-electron chi connectivity index (χ3n) is 3.09. The number of aromatic nitrogens is 2. The van der Waals surface area contributed by atoms with E-state index < -0.39 is 0 Å². The lowest BCUT2D eigenvalue weighted by Crippen LogP contribution is -2.33. The highest BCUT2D eigenvalue weighted by Gasteiger charge is 2.15. The number of rotatable bonds is 7. The third kappa shape index (κ3) is 5.57. The molecule has 0 aliphatic rings. The smallest absolute Gasteiger partial charge is 0.225 e. The van der Waals surface area contributed by atoms with Crippen molar-refractivity contribution in [2.24, 2.45) is 16.8 Å². The molecule has 0 aliphatic heterocycles. The van der Waals surface area contributed by atoms with Crippen LogP contribution in [0.3, 0.4) is 0 Å². The van der Waals surface area contributed by atoms with Gasteiger partial charge in [-0.2, -0.15) is 0 Å². The van der Waals surface area contributed by atoms with Gasteiger partial charge in [0.1, 0.15) is 5.84 Å². The van der Waals surface area contributed by atoms with Gasteiger partial charge in [0.25, 0.3) is 0 Å². The van der Waals surface area contributed by atoms with Crippen molar-refractivity contribution in [1.29, 1.82) is 0 Å². The third-order valence-corrected chi connectivity index (χ3v) is 3.09. The van der Waals surface area contributed by atoms with Crippen LogP contribution < -0.4 is 10.6 Å². The van der Waals surface area contributed by atoms with Crippen LogP contribution in [0.5, 0.6) is 0 Å². The van der Waals surface area contributed by atoms with E-state index in [0.717, 1.165) is 23.9 Å².